The van der Waals surface area contributed by atoms with Crippen LogP contribution in [0.3, 0.4) is 0 Å². The quantitative estimate of drug-likeness (QED) is 0.546. The zero-order chi connectivity index (χ0) is 18.9. The van der Waals surface area contributed by atoms with E-state index in [1.807, 2.05) is 30.3 Å². The van der Waals surface area contributed by atoms with Gasteiger partial charge in [0.1, 0.15) is 0 Å². The molecule has 0 unspecified atom stereocenters. The van der Waals surface area contributed by atoms with Gasteiger partial charge >= 0.3 is 165 Å². The van der Waals surface area contributed by atoms with Gasteiger partial charge in [-0.3, -0.25) is 0 Å². The minimum atomic E-state index is -0.668. The standard InChI is InChI=1S/C22H21NO3Se/c24-19(27-16-9-3-1-4-10-16)15-22(13-7-2-8-14-22)23-20(25)17-11-5-6-12-18(17)21(23)26/h1,3-6,9-12H,2,7-8,13-15H2. The van der Waals surface area contributed by atoms with Crippen molar-refractivity contribution in [2.75, 3.05) is 0 Å². The van der Waals surface area contributed by atoms with Crippen LogP contribution in [0.15, 0.2) is 54.6 Å². The first kappa shape index (κ1) is 18.1. The van der Waals surface area contributed by atoms with Gasteiger partial charge in [-0.1, -0.05) is 0 Å². The van der Waals surface area contributed by atoms with E-state index in [2.05, 4.69) is 0 Å². The van der Waals surface area contributed by atoms with Crippen molar-refractivity contribution in [3.8, 4) is 0 Å². The van der Waals surface area contributed by atoms with Gasteiger partial charge in [0, 0.05) is 0 Å². The molecule has 0 N–H and O–H groups in total. The Morgan fingerprint density at radius 2 is 1.41 bits per heavy atom. The molecule has 2 aromatic rings. The van der Waals surface area contributed by atoms with Crippen LogP contribution >= 0.6 is 0 Å². The van der Waals surface area contributed by atoms with Crippen LogP contribution < -0.4 is 4.46 Å². The Kier molecular flexibility index (Phi) is 4.98. The van der Waals surface area contributed by atoms with Gasteiger partial charge in [-0.15, -0.1) is 0 Å². The third kappa shape index (κ3) is 3.38. The van der Waals surface area contributed by atoms with Crippen LogP contribution in [0.5, 0.6) is 0 Å². The van der Waals surface area contributed by atoms with Crippen molar-refractivity contribution in [1.29, 1.82) is 0 Å². The number of benzene rings is 2. The Morgan fingerprint density at radius 1 is 0.852 bits per heavy atom. The number of amides is 2. The maximum atomic E-state index is 13.1. The molecule has 5 heteroatoms. The van der Waals surface area contributed by atoms with Crippen LogP contribution in [-0.2, 0) is 4.79 Å². The zero-order valence-electron chi connectivity index (χ0n) is 15.0. The van der Waals surface area contributed by atoms with Crippen molar-refractivity contribution in [2.24, 2.45) is 0 Å². The summed E-state index contributed by atoms with van der Waals surface area (Å²) >= 11 is -0.301. The second kappa shape index (κ2) is 7.41. The fraction of sp³-hybridized carbons (Fsp3) is 0.318. The van der Waals surface area contributed by atoms with E-state index in [9.17, 15) is 14.4 Å². The summed E-state index contributed by atoms with van der Waals surface area (Å²) in [4.78, 5) is 40.4. The van der Waals surface area contributed by atoms with Crippen LogP contribution in [0.1, 0.15) is 59.2 Å². The van der Waals surface area contributed by atoms with Crippen molar-refractivity contribution in [3.05, 3.63) is 65.7 Å². The molecule has 0 radical (unpaired) electrons. The first-order chi connectivity index (χ1) is 13.1. The minimum absolute atomic E-state index is 0.146. The Balaban J connectivity index is 1.62. The second-order valence-corrected chi connectivity index (χ2v) is 9.61. The average Bonchev–Trinajstić information content (AvgIpc) is 2.94. The van der Waals surface area contributed by atoms with E-state index < -0.39 is 5.54 Å². The van der Waals surface area contributed by atoms with Gasteiger partial charge in [-0.25, -0.2) is 0 Å². The molecule has 0 atom stereocenters. The summed E-state index contributed by atoms with van der Waals surface area (Å²) in [6.45, 7) is 0. The van der Waals surface area contributed by atoms with Crippen LogP contribution in [0.2, 0.25) is 0 Å². The van der Waals surface area contributed by atoms with Crippen molar-refractivity contribution >= 4 is 35.9 Å². The van der Waals surface area contributed by atoms with Gasteiger partial charge in [-0.05, 0) is 0 Å². The van der Waals surface area contributed by atoms with Crippen molar-refractivity contribution in [1.82, 2.24) is 4.90 Å². The molecule has 2 aromatic carbocycles. The average molecular weight is 426 g/mol. The molecular formula is C22H21NO3Se. The summed E-state index contributed by atoms with van der Waals surface area (Å²) in [6, 6.07) is 16.7. The molecule has 1 fully saturated rings. The molecule has 0 aromatic heterocycles. The van der Waals surface area contributed by atoms with Gasteiger partial charge < -0.3 is 0 Å². The molecule has 2 amide bonds. The molecule has 2 aliphatic rings. The van der Waals surface area contributed by atoms with E-state index in [4.69, 9.17) is 0 Å². The predicted molar refractivity (Wildman–Crippen MR) is 104 cm³/mol. The van der Waals surface area contributed by atoms with Gasteiger partial charge in [0.05, 0.1) is 0 Å². The first-order valence-electron chi connectivity index (χ1n) is 9.34. The van der Waals surface area contributed by atoms with Gasteiger partial charge in [0.2, 0.25) is 0 Å². The van der Waals surface area contributed by atoms with Gasteiger partial charge in [-0.2, -0.15) is 0 Å². The number of nitrogens with zero attached hydrogens (tertiary/aromatic N) is 1. The number of hydrogen-bond donors (Lipinski definition) is 0. The van der Waals surface area contributed by atoms with Crippen molar-refractivity contribution in [2.45, 2.75) is 44.1 Å². The molecule has 1 aliphatic heterocycles. The third-order valence-corrected chi connectivity index (χ3v) is 7.35. The Bertz CT molecular complexity index is 852. The molecule has 0 bridgehead atoms. The Labute approximate surface area is 165 Å². The molecular weight excluding hydrogens is 405 g/mol. The molecule has 0 spiro atoms. The summed E-state index contributed by atoms with van der Waals surface area (Å²) in [6.07, 6.45) is 4.68. The third-order valence-electron chi connectivity index (χ3n) is 5.50. The summed E-state index contributed by atoms with van der Waals surface area (Å²) in [5.74, 6) is -0.477. The maximum absolute atomic E-state index is 13.1. The fourth-order valence-corrected chi connectivity index (χ4v) is 6.12. The first-order valence-corrected chi connectivity index (χ1v) is 11.1. The van der Waals surface area contributed by atoms with E-state index in [1.165, 1.54) is 4.90 Å². The predicted octanol–water partition coefficient (Wildman–Crippen LogP) is 2.93. The summed E-state index contributed by atoms with van der Waals surface area (Å²) in [7, 11) is 0. The van der Waals surface area contributed by atoms with E-state index >= 15 is 0 Å². The Hall–Kier alpha value is -2.23. The van der Waals surface area contributed by atoms with Gasteiger partial charge in [0.25, 0.3) is 0 Å². The topological polar surface area (TPSA) is 54.5 Å². The van der Waals surface area contributed by atoms with E-state index in [0.717, 1.165) is 36.6 Å². The normalized spacial score (nSPS) is 18.4. The summed E-state index contributed by atoms with van der Waals surface area (Å²) in [5.41, 5.74) is 0.265. The number of hydrogen-bond acceptors (Lipinski definition) is 3. The fourth-order valence-electron chi connectivity index (χ4n) is 4.23. The number of carbonyl (C=O) groups is 3. The number of imide groups is 1. The Morgan fingerprint density at radius 3 is 2.00 bits per heavy atom. The van der Waals surface area contributed by atoms with Crippen LogP contribution in [0.4, 0.5) is 0 Å². The molecule has 138 valence electrons. The zero-order valence-corrected chi connectivity index (χ0v) is 16.7. The van der Waals surface area contributed by atoms with Crippen LogP contribution in [0, 0.1) is 0 Å². The molecule has 4 rings (SSSR count). The monoisotopic (exact) mass is 427 g/mol. The van der Waals surface area contributed by atoms with Crippen molar-refractivity contribution < 1.29 is 14.4 Å². The number of carbonyl (C=O) groups excluding carboxylic acids is 3. The molecule has 1 aliphatic carbocycles. The van der Waals surface area contributed by atoms with Crippen molar-refractivity contribution in [3.63, 3.8) is 0 Å². The van der Waals surface area contributed by atoms with E-state index in [0.29, 0.717) is 11.1 Å². The second-order valence-electron chi connectivity index (χ2n) is 7.24. The van der Waals surface area contributed by atoms with Crippen LogP contribution in [-0.4, -0.2) is 41.9 Å². The van der Waals surface area contributed by atoms with Crippen LogP contribution in [0.25, 0.3) is 0 Å². The summed E-state index contributed by atoms with van der Waals surface area (Å²) < 4.78 is 1.18. The number of rotatable bonds is 5. The SMILES string of the molecule is O=C(CC1(N2C(=O)c3ccccc3C2=O)CCCCC1)[Se]c1ccccc1. The summed E-state index contributed by atoms with van der Waals surface area (Å²) in [5, 5.41) is 0. The molecule has 1 saturated carbocycles. The molecule has 27 heavy (non-hydrogen) atoms. The van der Waals surface area contributed by atoms with E-state index in [-0.39, 0.29) is 37.9 Å². The molecule has 1 heterocycles. The molecule has 4 nitrogen and oxygen atoms in total. The molecule has 0 saturated heterocycles. The number of fused-ring (bicyclic) bond motifs is 1. The van der Waals surface area contributed by atoms with Gasteiger partial charge in [0.15, 0.2) is 0 Å². The van der Waals surface area contributed by atoms with E-state index in [1.54, 1.807) is 24.3 Å².